The van der Waals surface area contributed by atoms with Crippen LogP contribution < -0.4 is 71.4 Å². The highest BCUT2D eigenvalue weighted by Gasteiger charge is 2.50. The molecule has 6 aromatic carbocycles. The van der Waals surface area contributed by atoms with Gasteiger partial charge in [0, 0.05) is 180 Å². The van der Waals surface area contributed by atoms with Crippen molar-refractivity contribution in [1.29, 1.82) is 0 Å². The quantitative estimate of drug-likeness (QED) is 0.0177. The normalized spacial score (nSPS) is 17.3. The van der Waals surface area contributed by atoms with E-state index in [1.54, 1.807) is 48.5 Å². The van der Waals surface area contributed by atoms with E-state index in [0.29, 0.717) is 77.5 Å². The number of ether oxygens (including phenoxy) is 4. The summed E-state index contributed by atoms with van der Waals surface area (Å²) in [6, 6.07) is 44.1. The Labute approximate surface area is 809 Å². The molecule has 9 aliphatic rings. The average molecular weight is 1870 g/mol. The topological polar surface area (TPSA) is 342 Å². The van der Waals surface area contributed by atoms with E-state index in [4.69, 9.17) is 33.9 Å². The summed E-state index contributed by atoms with van der Waals surface area (Å²) in [5.74, 6) is 8.54. The highest BCUT2D eigenvalue weighted by Crippen LogP contribution is 2.50. The van der Waals surface area contributed by atoms with Crippen molar-refractivity contribution in [3.05, 3.63) is 226 Å². The lowest BCUT2D eigenvalue weighted by atomic mass is 9.85. The SMILES string of the molecule is COc1ccc(N(C(=O)Oc2c(C)cccc2C)c2ccnc(Nc3ccc(N4CCN(C)CC4)cc3)n2)c(OC)c1.Cc1cccc2c1CC[C@@H]2N1C(=O)C(C)(C)c2cnc(Nc3cccc(CN4CCCC4)c3)nc21.Cn1cc(Nc2ncc(C3CC3)c(NCCCNC(=O)C3CCC3)n2)cn1.O=C(NCCCNc1nc(Nc2cccc(CN3CCOCC3)c2)ncc1C1CC1)C1CCC1. The van der Waals surface area contributed by atoms with Gasteiger partial charge in [-0.3, -0.25) is 33.8 Å². The molecule has 0 unspecified atom stereocenters. The Balaban J connectivity index is 0.000000129. The number of rotatable bonds is 33. The maximum Gasteiger partial charge on any atom is 0.425 e. The van der Waals surface area contributed by atoms with Crippen molar-refractivity contribution in [2.24, 2.45) is 18.9 Å². The molecule has 32 nitrogen and oxygen atoms in total. The van der Waals surface area contributed by atoms with Gasteiger partial charge in [0.2, 0.25) is 41.5 Å². The van der Waals surface area contributed by atoms with Crippen molar-refractivity contribution in [1.82, 2.24) is 75.0 Å². The second-order valence-electron chi connectivity index (χ2n) is 38.1. The van der Waals surface area contributed by atoms with E-state index in [9.17, 15) is 19.2 Å². The molecule has 5 aromatic heterocycles. The summed E-state index contributed by atoms with van der Waals surface area (Å²) < 4.78 is 24.1. The Hall–Kier alpha value is -13.4. The summed E-state index contributed by atoms with van der Waals surface area (Å²) in [4.78, 5) is 101. The molecule has 8 N–H and O–H groups in total. The van der Waals surface area contributed by atoms with Crippen LogP contribution in [0, 0.1) is 32.6 Å². The predicted molar refractivity (Wildman–Crippen MR) is 541 cm³/mol. The Morgan fingerprint density at radius 1 is 0.522 bits per heavy atom. The molecule has 5 aliphatic carbocycles. The first-order chi connectivity index (χ1) is 67.2. The molecule has 0 bridgehead atoms. The van der Waals surface area contributed by atoms with Crippen LogP contribution in [0.4, 0.5) is 86.0 Å². The second kappa shape index (κ2) is 45.2. The van der Waals surface area contributed by atoms with Gasteiger partial charge in [-0.25, -0.2) is 29.6 Å². The molecule has 9 heterocycles. The number of methoxy groups -OCH3 is 2. The lowest BCUT2D eigenvalue weighted by molar-refractivity contribution is -0.128. The fourth-order valence-electron chi connectivity index (χ4n) is 18.6. The van der Waals surface area contributed by atoms with Gasteiger partial charge in [0.15, 0.2) is 0 Å². The van der Waals surface area contributed by atoms with Gasteiger partial charge in [-0.15, -0.1) is 0 Å². The molecule has 32 heteroatoms. The first kappa shape index (κ1) is 96.3. The molecule has 4 aliphatic heterocycles. The van der Waals surface area contributed by atoms with Crippen LogP contribution in [0.3, 0.4) is 0 Å². The van der Waals surface area contributed by atoms with Crippen LogP contribution in [0.2, 0.25) is 0 Å². The third-order valence-corrected chi connectivity index (χ3v) is 27.4. The third kappa shape index (κ3) is 24.6. The lowest BCUT2D eigenvalue weighted by Crippen LogP contribution is -2.44. The molecule has 7 fully saturated rings. The molecule has 11 aromatic rings. The Bertz CT molecular complexity index is 6000. The maximum atomic E-state index is 13.8. The standard InChI is InChI=1S/C32H36N6O4.C29H33N5O.C26H36N6O2.C19H27N7O/c1-22-7-6-8-23(2)30(22)42-32(39)38(27-14-13-26(40-4)21-28(27)41-5)29-15-16-33-31(35-29)34-24-9-11-25(12-10-24)37-19-17-36(3)18-20-37;1-19-8-6-11-23-22(19)12-13-25(23)34-26-24(29(2,3)27(34)35)17-30-28(32-26)31-21-10-7-9-20(16-21)18-33-14-4-5-15-33;33-25(21-5-2-6-21)28-11-3-10-27-24-23(20-8-9-20)17-29-26(31-24)30-22-7-1-4-19(16-22)18-32-12-14-34-15-13-32;1-26-12-15(10-23-26)24-19-22-11-16(13-6-7-13)17(25-19)20-8-3-9-21-18(27)14-4-2-5-14/h6-16,21H,17-20H2,1-5H3,(H,33,34,35);6-11,16-17,25H,4-5,12-15,18H2,1-3H3,(H,30,31,32);1,4,7,16-17,20-21H,2-3,5-6,8-15,18H2,(H,28,33)(H2,27,29,30,31);10-14H,2-9H2,1H3,(H,21,27)(H2,20,22,24,25)/t;25-;;/m.0../s1. The highest BCUT2D eigenvalue weighted by atomic mass is 16.6. The van der Waals surface area contributed by atoms with Crippen molar-refractivity contribution < 1.29 is 38.1 Å². The minimum absolute atomic E-state index is 0.0180. The van der Waals surface area contributed by atoms with Crippen molar-refractivity contribution >= 4 is 105 Å². The van der Waals surface area contributed by atoms with Crippen LogP contribution in [-0.2, 0) is 51.1 Å². The van der Waals surface area contributed by atoms with E-state index < -0.39 is 11.5 Å². The number of hydrogen-bond acceptors (Lipinski definition) is 27. The van der Waals surface area contributed by atoms with E-state index >= 15 is 0 Å². The van der Waals surface area contributed by atoms with Crippen molar-refractivity contribution in [2.75, 3.05) is 160 Å². The van der Waals surface area contributed by atoms with Gasteiger partial charge in [0.25, 0.3) is 0 Å². The average Bonchev–Trinajstić information content (AvgIpc) is 1.57. The Morgan fingerprint density at radius 3 is 1.65 bits per heavy atom. The molecule has 0 radical (unpaired) electrons. The van der Waals surface area contributed by atoms with E-state index in [-0.39, 0.29) is 35.6 Å². The van der Waals surface area contributed by atoms with E-state index in [1.807, 2.05) is 101 Å². The van der Waals surface area contributed by atoms with Crippen LogP contribution in [0.25, 0.3) is 0 Å². The monoisotopic (exact) mass is 1870 g/mol. The number of aromatic nitrogens is 10. The molecule has 4 amide bonds. The Morgan fingerprint density at radius 2 is 1.08 bits per heavy atom. The number of nitrogens with zero attached hydrogens (tertiary/aromatic N) is 16. The fraction of sp³-hybridized carbons (Fsp3) is 0.443. The van der Waals surface area contributed by atoms with Gasteiger partial charge >= 0.3 is 6.09 Å². The largest absolute Gasteiger partial charge is 0.497 e. The number of likely N-dealkylation sites (N-methyl/N-ethyl adjacent to an activating group) is 1. The number of amides is 4. The predicted octanol–water partition coefficient (Wildman–Crippen LogP) is 17.6. The van der Waals surface area contributed by atoms with Crippen molar-refractivity contribution in [3.8, 4) is 17.2 Å². The molecular weight excluding hydrogens is 1740 g/mol. The minimum atomic E-state index is -0.643. The number of benzene rings is 6. The van der Waals surface area contributed by atoms with Crippen LogP contribution in [0.1, 0.15) is 184 Å². The highest BCUT2D eigenvalue weighted by molar-refractivity contribution is 6.07. The van der Waals surface area contributed by atoms with Gasteiger partial charge in [0.1, 0.15) is 40.5 Å². The van der Waals surface area contributed by atoms with Crippen molar-refractivity contribution in [3.63, 3.8) is 0 Å². The number of hydrogen-bond donors (Lipinski definition) is 8. The number of nitrogens with one attached hydrogen (secondary N) is 8. The summed E-state index contributed by atoms with van der Waals surface area (Å²) >= 11 is 0. The van der Waals surface area contributed by atoms with Gasteiger partial charge in [-0.2, -0.15) is 25.0 Å². The zero-order valence-electron chi connectivity index (χ0n) is 81.1. The van der Waals surface area contributed by atoms with Crippen LogP contribution in [-0.4, -0.2) is 201 Å². The number of para-hydroxylation sites is 1. The smallest absolute Gasteiger partial charge is 0.425 e. The molecule has 138 heavy (non-hydrogen) atoms. The van der Waals surface area contributed by atoms with E-state index in [0.717, 1.165) is 187 Å². The first-order valence-corrected chi connectivity index (χ1v) is 49.2. The zero-order valence-corrected chi connectivity index (χ0v) is 81.1. The van der Waals surface area contributed by atoms with Gasteiger partial charge in [-0.1, -0.05) is 73.5 Å². The molecule has 3 saturated heterocycles. The van der Waals surface area contributed by atoms with Crippen LogP contribution in [0.15, 0.2) is 171 Å². The number of morpholine rings is 1. The van der Waals surface area contributed by atoms with Gasteiger partial charge < -0.3 is 71.3 Å². The molecule has 4 saturated carbocycles. The molecular formula is C106H132N24O8. The summed E-state index contributed by atoms with van der Waals surface area (Å²) in [5.41, 5.74) is 16.1. The summed E-state index contributed by atoms with van der Waals surface area (Å²) in [6.07, 6.45) is 27.9. The van der Waals surface area contributed by atoms with E-state index in [2.05, 4.69) is 179 Å². The molecule has 724 valence electrons. The van der Waals surface area contributed by atoms with Gasteiger partial charge in [-0.05, 0) is 256 Å². The molecule has 0 spiro atoms. The number of likely N-dealkylation sites (tertiary alicyclic amines) is 1. The maximum absolute atomic E-state index is 13.8. The van der Waals surface area contributed by atoms with Crippen LogP contribution >= 0.6 is 0 Å². The van der Waals surface area contributed by atoms with E-state index in [1.165, 1.54) is 121 Å². The minimum Gasteiger partial charge on any atom is -0.497 e. The lowest BCUT2D eigenvalue weighted by Gasteiger charge is -2.34. The number of fused-ring (bicyclic) bond motifs is 2. The summed E-state index contributed by atoms with van der Waals surface area (Å²) in [7, 11) is 7.13. The summed E-state index contributed by atoms with van der Waals surface area (Å²) in [5, 5.41) is 30.4. The first-order valence-electron chi connectivity index (χ1n) is 49.2. The number of piperazine rings is 1. The summed E-state index contributed by atoms with van der Waals surface area (Å²) in [6.45, 7) is 24.8. The number of carbonyl (C=O) groups excluding carboxylic acids is 4. The zero-order chi connectivity index (χ0) is 95.6. The molecule has 20 rings (SSSR count). The fourth-order valence-corrected chi connectivity index (χ4v) is 18.6. The second-order valence-corrected chi connectivity index (χ2v) is 38.1. The van der Waals surface area contributed by atoms with Crippen LogP contribution in [0.5, 0.6) is 17.2 Å². The molecule has 1 atom stereocenters. The third-order valence-electron chi connectivity index (χ3n) is 27.4. The van der Waals surface area contributed by atoms with Gasteiger partial charge in [0.05, 0.1) is 56.5 Å². The number of anilines is 14. The van der Waals surface area contributed by atoms with Crippen molar-refractivity contribution in [2.45, 2.75) is 174 Å². The number of carbonyl (C=O) groups is 4. The Kier molecular flexibility index (Phi) is 31.6. The number of aryl methyl sites for hydroxylation is 4.